The second-order valence-corrected chi connectivity index (χ2v) is 12.7. The molecule has 1 saturated heterocycles. The molecule has 0 radical (unpaired) electrons. The van der Waals surface area contributed by atoms with Crippen LogP contribution in [0.2, 0.25) is 0 Å². The van der Waals surface area contributed by atoms with Gasteiger partial charge in [-0.15, -0.1) is 0 Å². The molecule has 2 amide bonds. The molecule has 10 heteroatoms. The van der Waals surface area contributed by atoms with Gasteiger partial charge in [-0.1, -0.05) is 79.2 Å². The quantitative estimate of drug-likeness (QED) is 0.0856. The number of ether oxygens (including phenoxy) is 1. The summed E-state index contributed by atoms with van der Waals surface area (Å²) < 4.78 is 6.11. The van der Waals surface area contributed by atoms with E-state index < -0.39 is 49.4 Å². The maximum absolute atomic E-state index is 14.0. The van der Waals surface area contributed by atoms with E-state index in [-0.39, 0.29) is 29.9 Å². The molecule has 1 fully saturated rings. The number of nitrogens with zero attached hydrogens (tertiary/aromatic N) is 1. The van der Waals surface area contributed by atoms with Gasteiger partial charge in [0.15, 0.2) is 0 Å². The molecular weight excluding hydrogens is 621 g/mol. The van der Waals surface area contributed by atoms with Crippen LogP contribution >= 0.6 is 0 Å². The molecule has 9 nitrogen and oxygen atoms in total. The molecule has 252 valence electrons. The number of fused-ring (bicyclic) bond motifs is 2. The average Bonchev–Trinajstić information content (AvgIpc) is 3.38. The number of imide groups is 1. The lowest BCUT2D eigenvalue weighted by Crippen LogP contribution is -2.40. The summed E-state index contributed by atoms with van der Waals surface area (Å²) in [4.78, 5) is 29.0. The van der Waals surface area contributed by atoms with Crippen LogP contribution in [0.5, 0.6) is 11.5 Å². The van der Waals surface area contributed by atoms with Gasteiger partial charge < -0.3 is 30.1 Å². The molecular formula is C39H40BNO8. The Labute approximate surface area is 285 Å². The van der Waals surface area contributed by atoms with Crippen molar-refractivity contribution in [2.24, 2.45) is 17.8 Å². The zero-order chi connectivity index (χ0) is 34.7. The van der Waals surface area contributed by atoms with Gasteiger partial charge in [0.1, 0.15) is 18.1 Å². The summed E-state index contributed by atoms with van der Waals surface area (Å²) in [6, 6.07) is 26.4. The maximum atomic E-state index is 14.0. The smallest absolute Gasteiger partial charge is 0.488 e. The fourth-order valence-electron chi connectivity index (χ4n) is 7.34. The van der Waals surface area contributed by atoms with Crippen molar-refractivity contribution in [3.8, 4) is 11.5 Å². The summed E-state index contributed by atoms with van der Waals surface area (Å²) in [5, 5.41) is 54.1. The summed E-state index contributed by atoms with van der Waals surface area (Å²) in [5.74, 6) is -2.64. The molecule has 1 aliphatic heterocycles. The van der Waals surface area contributed by atoms with Crippen LogP contribution < -0.4 is 15.1 Å². The highest BCUT2D eigenvalue weighted by atomic mass is 16.5. The molecule has 2 aliphatic rings. The largest absolute Gasteiger partial charge is 0.507 e. The van der Waals surface area contributed by atoms with E-state index in [2.05, 4.69) is 6.08 Å². The van der Waals surface area contributed by atoms with E-state index in [0.29, 0.717) is 29.7 Å². The van der Waals surface area contributed by atoms with Gasteiger partial charge in [0, 0.05) is 11.3 Å². The van der Waals surface area contributed by atoms with Crippen LogP contribution in [0.4, 0.5) is 5.69 Å². The Morgan fingerprint density at radius 2 is 1.69 bits per heavy atom. The zero-order valence-corrected chi connectivity index (χ0v) is 27.3. The van der Waals surface area contributed by atoms with E-state index in [1.54, 1.807) is 18.2 Å². The number of hydrogen-bond donors (Lipinski definition) is 5. The summed E-state index contributed by atoms with van der Waals surface area (Å²) in [6.07, 6.45) is 2.80. The number of allylic oxidation sites excluding steroid dienone is 1. The van der Waals surface area contributed by atoms with Crippen molar-refractivity contribution in [2.45, 2.75) is 38.7 Å². The topological polar surface area (TPSA) is 148 Å². The Morgan fingerprint density at radius 3 is 2.41 bits per heavy atom. The van der Waals surface area contributed by atoms with Crippen molar-refractivity contribution in [3.05, 3.63) is 113 Å². The summed E-state index contributed by atoms with van der Waals surface area (Å²) in [5.41, 5.74) is 3.58. The predicted octanol–water partition coefficient (Wildman–Crippen LogP) is 4.35. The SMILES string of the molecule is CC/C(=C\c1ccc(O)c2ccccc12)CC[C@@H](O)C1=C(COc2ccccc2)C[C@H]2C(=O)N(c3cccc(B(O)O)c3)C(=O)[C@H]2[C@H]1CO. The Morgan fingerprint density at radius 1 is 0.959 bits per heavy atom. The second kappa shape index (κ2) is 14.8. The Kier molecular flexibility index (Phi) is 10.3. The minimum Gasteiger partial charge on any atom is -0.507 e. The number of carbonyl (C=O) groups excluding carboxylic acids is 2. The molecule has 4 aromatic carbocycles. The molecule has 0 bridgehead atoms. The fraction of sp³-hybridized carbons (Fsp3) is 0.282. The minimum atomic E-state index is -1.78. The summed E-state index contributed by atoms with van der Waals surface area (Å²) >= 11 is 0. The van der Waals surface area contributed by atoms with E-state index in [4.69, 9.17) is 4.74 Å². The number of aliphatic hydroxyl groups is 2. The van der Waals surface area contributed by atoms with E-state index in [0.717, 1.165) is 33.2 Å². The van der Waals surface area contributed by atoms with Crippen LogP contribution in [0.25, 0.3) is 16.8 Å². The molecule has 0 spiro atoms. The minimum absolute atomic E-state index is 0.0692. The van der Waals surface area contributed by atoms with Crippen molar-refractivity contribution in [3.63, 3.8) is 0 Å². The van der Waals surface area contributed by atoms with Crippen LogP contribution in [0.3, 0.4) is 0 Å². The number of hydrogen-bond acceptors (Lipinski definition) is 8. The molecule has 0 aromatic heterocycles. The van der Waals surface area contributed by atoms with E-state index in [9.17, 15) is 35.0 Å². The number of aliphatic hydroxyl groups excluding tert-OH is 2. The second-order valence-electron chi connectivity index (χ2n) is 12.7. The zero-order valence-electron chi connectivity index (χ0n) is 27.3. The number of anilines is 1. The van der Waals surface area contributed by atoms with Crippen LogP contribution in [0.15, 0.2) is 108 Å². The lowest BCUT2D eigenvalue weighted by Gasteiger charge is -2.36. The lowest BCUT2D eigenvalue weighted by atomic mass is 9.68. The molecule has 0 unspecified atom stereocenters. The van der Waals surface area contributed by atoms with Crippen LogP contribution in [-0.4, -0.2) is 63.6 Å². The first-order chi connectivity index (χ1) is 23.7. The van der Waals surface area contributed by atoms with Gasteiger partial charge in [-0.2, -0.15) is 0 Å². The average molecular weight is 662 g/mol. The van der Waals surface area contributed by atoms with Crippen molar-refractivity contribution >= 4 is 46.9 Å². The summed E-state index contributed by atoms with van der Waals surface area (Å²) in [6.45, 7) is 1.66. The number of phenolic OH excluding ortho intramolecular Hbond substituents is 1. The predicted molar refractivity (Wildman–Crippen MR) is 189 cm³/mol. The molecule has 1 aliphatic carbocycles. The molecule has 1 heterocycles. The van der Waals surface area contributed by atoms with Gasteiger partial charge >= 0.3 is 7.12 Å². The molecule has 5 N–H and O–H groups in total. The first-order valence-corrected chi connectivity index (χ1v) is 16.6. The van der Waals surface area contributed by atoms with Crippen molar-refractivity contribution in [2.75, 3.05) is 18.1 Å². The number of aromatic hydroxyl groups is 1. The molecule has 0 saturated carbocycles. The van der Waals surface area contributed by atoms with Gasteiger partial charge in [-0.05, 0) is 83.6 Å². The fourth-order valence-corrected chi connectivity index (χ4v) is 7.34. The van der Waals surface area contributed by atoms with E-state index in [1.807, 2.05) is 67.6 Å². The van der Waals surface area contributed by atoms with Crippen molar-refractivity contribution < 1.29 is 39.7 Å². The van der Waals surface area contributed by atoms with Gasteiger partial charge in [-0.25, -0.2) is 0 Å². The Hall–Kier alpha value is -4.74. The van der Waals surface area contributed by atoms with Crippen molar-refractivity contribution in [1.82, 2.24) is 0 Å². The number of amides is 2. The van der Waals surface area contributed by atoms with Crippen LogP contribution in [0.1, 0.15) is 38.2 Å². The van der Waals surface area contributed by atoms with Gasteiger partial charge in [0.25, 0.3) is 0 Å². The Balaban J connectivity index is 1.31. The highest BCUT2D eigenvalue weighted by molar-refractivity contribution is 6.58. The number of carbonyl (C=O) groups is 2. The molecule has 4 aromatic rings. The normalized spacial score (nSPS) is 20.1. The van der Waals surface area contributed by atoms with Gasteiger partial charge in [0.2, 0.25) is 11.8 Å². The van der Waals surface area contributed by atoms with Gasteiger partial charge in [0.05, 0.1) is 30.2 Å². The first kappa shape index (κ1) is 34.1. The third kappa shape index (κ3) is 6.91. The molecule has 49 heavy (non-hydrogen) atoms. The highest BCUT2D eigenvalue weighted by Gasteiger charge is 2.55. The highest BCUT2D eigenvalue weighted by Crippen LogP contribution is 2.47. The van der Waals surface area contributed by atoms with Crippen LogP contribution in [-0.2, 0) is 9.59 Å². The number of para-hydroxylation sites is 1. The first-order valence-electron chi connectivity index (χ1n) is 16.6. The van der Waals surface area contributed by atoms with Gasteiger partial charge in [-0.3, -0.25) is 14.5 Å². The third-order valence-corrected chi connectivity index (χ3v) is 9.81. The monoisotopic (exact) mass is 661 g/mol. The molecule has 4 atom stereocenters. The lowest BCUT2D eigenvalue weighted by molar-refractivity contribution is -0.123. The van der Waals surface area contributed by atoms with Crippen molar-refractivity contribution in [1.29, 1.82) is 0 Å². The summed E-state index contributed by atoms with van der Waals surface area (Å²) in [7, 11) is -1.78. The van der Waals surface area contributed by atoms with Crippen LogP contribution in [0, 0.1) is 17.8 Å². The number of benzene rings is 4. The number of rotatable bonds is 12. The van der Waals surface area contributed by atoms with E-state index in [1.165, 1.54) is 12.1 Å². The number of phenols is 1. The standard InChI is InChI=1S/C39H40BNO8/c1-2-24(19-25-16-18-34(43)31-14-7-6-13-30(25)31)15-17-35(44)36-26(23-49-29-11-4-3-5-12-29)20-32-37(33(36)22-42)39(46)41(38(32)45)28-10-8-9-27(21-28)40(47)48/h3-14,16,18-19,21,32-33,35,37,42-44,47-48H,2,15,17,20,22-23H2,1H3/b24-19+/t32-,33+,35-,37-/m1/s1. The molecule has 6 rings (SSSR count). The maximum Gasteiger partial charge on any atom is 0.488 e. The Bertz CT molecular complexity index is 1910. The van der Waals surface area contributed by atoms with E-state index >= 15 is 0 Å². The third-order valence-electron chi connectivity index (χ3n) is 9.81.